The number of nitrogens with one attached hydrogen (secondary N) is 1. The zero-order valence-electron chi connectivity index (χ0n) is 13.9. The van der Waals surface area contributed by atoms with Crippen molar-refractivity contribution in [2.45, 2.75) is 13.0 Å². The molecule has 128 valence electrons. The molecule has 4 rings (SSSR count). The van der Waals surface area contributed by atoms with Crippen molar-refractivity contribution in [1.82, 2.24) is 9.78 Å². The zero-order valence-corrected chi connectivity index (χ0v) is 13.9. The molecular weight excluding hydrogens is 318 g/mol. The van der Waals surface area contributed by atoms with Gasteiger partial charge in [-0.15, -0.1) is 0 Å². The second-order valence-corrected chi connectivity index (χ2v) is 6.06. The molecule has 0 spiro atoms. The Morgan fingerprint density at radius 1 is 1.08 bits per heavy atom. The molecule has 0 bridgehead atoms. The molecule has 1 fully saturated rings. The topological polar surface area (TPSA) is 87.2 Å². The summed E-state index contributed by atoms with van der Waals surface area (Å²) in [6.45, 7) is 3.90. The quantitative estimate of drug-likeness (QED) is 0.888. The standard InChI is InChI=1S/C18H19N5O2/c19-11-14-13-5-8-25-12-15(13)21-23(18(14)20)17-4-2-1-3-16(17)22-6-9-24-10-7-22/h1-4,20H,5-10,12H2. The molecule has 2 aliphatic rings. The van der Waals surface area contributed by atoms with Crippen molar-refractivity contribution < 1.29 is 9.47 Å². The van der Waals surface area contributed by atoms with E-state index >= 15 is 0 Å². The van der Waals surface area contributed by atoms with Gasteiger partial charge in [-0.3, -0.25) is 5.41 Å². The van der Waals surface area contributed by atoms with Gasteiger partial charge in [-0.2, -0.15) is 10.4 Å². The van der Waals surface area contributed by atoms with E-state index in [9.17, 15) is 5.26 Å². The van der Waals surface area contributed by atoms with Crippen LogP contribution in [0.2, 0.25) is 0 Å². The van der Waals surface area contributed by atoms with Gasteiger partial charge in [0.15, 0.2) is 5.49 Å². The fraction of sp³-hybridized carbons (Fsp3) is 0.389. The lowest BCUT2D eigenvalue weighted by Crippen LogP contribution is -2.38. The number of benzene rings is 1. The van der Waals surface area contributed by atoms with Crippen LogP contribution in [0.15, 0.2) is 24.3 Å². The van der Waals surface area contributed by atoms with Crippen LogP contribution in [0.5, 0.6) is 0 Å². The number of hydrogen-bond donors (Lipinski definition) is 1. The minimum atomic E-state index is 0.129. The minimum absolute atomic E-state index is 0.129. The fourth-order valence-corrected chi connectivity index (χ4v) is 3.36. The SMILES string of the molecule is N#Cc1c2c(nn(-c3ccccc3N3CCOCC3)c1=N)COCC2. The van der Waals surface area contributed by atoms with Crippen molar-refractivity contribution in [3.8, 4) is 11.8 Å². The van der Waals surface area contributed by atoms with Gasteiger partial charge in [0.1, 0.15) is 11.6 Å². The average Bonchev–Trinajstić information content (AvgIpc) is 2.68. The molecule has 0 atom stereocenters. The second kappa shape index (κ2) is 6.67. The molecule has 1 saturated heterocycles. The van der Waals surface area contributed by atoms with Crippen LogP contribution in [0.4, 0.5) is 5.69 Å². The molecule has 0 unspecified atom stereocenters. The highest BCUT2D eigenvalue weighted by molar-refractivity contribution is 5.63. The third-order valence-electron chi connectivity index (χ3n) is 4.63. The van der Waals surface area contributed by atoms with Gasteiger partial charge >= 0.3 is 0 Å². The highest BCUT2D eigenvalue weighted by atomic mass is 16.5. The summed E-state index contributed by atoms with van der Waals surface area (Å²) in [5.74, 6) is 0. The molecule has 2 aromatic rings. The lowest BCUT2D eigenvalue weighted by Gasteiger charge is -2.31. The van der Waals surface area contributed by atoms with E-state index in [0.29, 0.717) is 38.4 Å². The number of aromatic nitrogens is 2. The number of ether oxygens (including phenoxy) is 2. The second-order valence-electron chi connectivity index (χ2n) is 6.06. The molecule has 7 nitrogen and oxygen atoms in total. The lowest BCUT2D eigenvalue weighted by atomic mass is 10.0. The molecule has 1 aromatic carbocycles. The first kappa shape index (κ1) is 15.8. The molecule has 25 heavy (non-hydrogen) atoms. The maximum absolute atomic E-state index is 9.58. The summed E-state index contributed by atoms with van der Waals surface area (Å²) in [6, 6.07) is 10.1. The number of hydrogen-bond acceptors (Lipinski definition) is 6. The number of para-hydroxylation sites is 2. The monoisotopic (exact) mass is 337 g/mol. The highest BCUT2D eigenvalue weighted by Crippen LogP contribution is 2.25. The van der Waals surface area contributed by atoms with Gasteiger partial charge in [0, 0.05) is 18.7 Å². The summed E-state index contributed by atoms with van der Waals surface area (Å²) in [5.41, 5.74) is 3.92. The van der Waals surface area contributed by atoms with Crippen molar-refractivity contribution in [3.63, 3.8) is 0 Å². The molecule has 1 aromatic heterocycles. The molecule has 7 heteroatoms. The first-order valence-electron chi connectivity index (χ1n) is 8.39. The maximum Gasteiger partial charge on any atom is 0.165 e. The van der Waals surface area contributed by atoms with Gasteiger partial charge in [0.2, 0.25) is 0 Å². The van der Waals surface area contributed by atoms with Crippen LogP contribution in [-0.4, -0.2) is 42.7 Å². The molecule has 0 amide bonds. The van der Waals surface area contributed by atoms with Crippen molar-refractivity contribution in [3.05, 3.63) is 46.6 Å². The van der Waals surface area contributed by atoms with Gasteiger partial charge in [-0.25, -0.2) is 4.68 Å². The van der Waals surface area contributed by atoms with Crippen LogP contribution in [0.1, 0.15) is 16.8 Å². The Kier molecular flexibility index (Phi) is 4.22. The van der Waals surface area contributed by atoms with Crippen LogP contribution >= 0.6 is 0 Å². The van der Waals surface area contributed by atoms with E-state index in [4.69, 9.17) is 14.9 Å². The van der Waals surface area contributed by atoms with Crippen LogP contribution < -0.4 is 10.4 Å². The van der Waals surface area contributed by atoms with Crippen LogP contribution in [0.3, 0.4) is 0 Å². The van der Waals surface area contributed by atoms with Gasteiger partial charge in [-0.1, -0.05) is 12.1 Å². The number of morpholine rings is 1. The number of nitrogens with zero attached hydrogens (tertiary/aromatic N) is 4. The van der Waals surface area contributed by atoms with Crippen molar-refractivity contribution in [2.75, 3.05) is 37.8 Å². The van der Waals surface area contributed by atoms with Gasteiger partial charge < -0.3 is 14.4 Å². The van der Waals surface area contributed by atoms with Gasteiger partial charge in [0.05, 0.1) is 43.5 Å². The number of fused-ring (bicyclic) bond motifs is 1. The normalized spacial score (nSPS) is 17.0. The third kappa shape index (κ3) is 2.80. The first-order chi connectivity index (χ1) is 12.3. The van der Waals surface area contributed by atoms with E-state index in [1.807, 2.05) is 24.3 Å². The molecule has 1 N–H and O–H groups in total. The Labute approximate surface area is 145 Å². The molecule has 2 aliphatic heterocycles. The average molecular weight is 337 g/mol. The van der Waals surface area contributed by atoms with E-state index in [0.717, 1.165) is 35.7 Å². The predicted molar refractivity (Wildman–Crippen MR) is 90.5 cm³/mol. The summed E-state index contributed by atoms with van der Waals surface area (Å²) in [7, 11) is 0. The highest BCUT2D eigenvalue weighted by Gasteiger charge is 2.22. The zero-order chi connectivity index (χ0) is 17.2. The van der Waals surface area contributed by atoms with Crippen LogP contribution in [0.25, 0.3) is 5.69 Å². The lowest BCUT2D eigenvalue weighted by molar-refractivity contribution is 0.105. The first-order valence-corrected chi connectivity index (χ1v) is 8.39. The van der Waals surface area contributed by atoms with E-state index < -0.39 is 0 Å². The van der Waals surface area contributed by atoms with Crippen molar-refractivity contribution in [2.24, 2.45) is 0 Å². The molecular formula is C18H19N5O2. The minimum Gasteiger partial charge on any atom is -0.378 e. The fourth-order valence-electron chi connectivity index (χ4n) is 3.36. The Hall–Kier alpha value is -2.69. The summed E-state index contributed by atoms with van der Waals surface area (Å²) in [6.07, 6.45) is 0.628. The summed E-state index contributed by atoms with van der Waals surface area (Å²) in [4.78, 5) is 2.23. The molecule has 0 saturated carbocycles. The van der Waals surface area contributed by atoms with Crippen molar-refractivity contribution >= 4 is 5.69 Å². The van der Waals surface area contributed by atoms with E-state index in [1.54, 1.807) is 4.68 Å². The predicted octanol–water partition coefficient (Wildman–Crippen LogP) is 1.13. The number of nitriles is 1. The smallest absolute Gasteiger partial charge is 0.165 e. The summed E-state index contributed by atoms with van der Waals surface area (Å²) >= 11 is 0. The Bertz CT molecular complexity index is 893. The molecule has 0 radical (unpaired) electrons. The summed E-state index contributed by atoms with van der Waals surface area (Å²) in [5, 5.41) is 22.8. The Morgan fingerprint density at radius 3 is 2.60 bits per heavy atom. The van der Waals surface area contributed by atoms with E-state index in [1.165, 1.54) is 0 Å². The van der Waals surface area contributed by atoms with E-state index in [-0.39, 0.29) is 5.49 Å². The molecule has 3 heterocycles. The Balaban J connectivity index is 1.88. The largest absolute Gasteiger partial charge is 0.378 e. The van der Waals surface area contributed by atoms with E-state index in [2.05, 4.69) is 16.1 Å². The third-order valence-corrected chi connectivity index (χ3v) is 4.63. The van der Waals surface area contributed by atoms with Crippen LogP contribution in [-0.2, 0) is 22.5 Å². The maximum atomic E-state index is 9.58. The molecule has 0 aliphatic carbocycles. The van der Waals surface area contributed by atoms with Crippen LogP contribution in [0, 0.1) is 16.7 Å². The van der Waals surface area contributed by atoms with Gasteiger partial charge in [-0.05, 0) is 18.6 Å². The summed E-state index contributed by atoms with van der Waals surface area (Å²) < 4.78 is 12.5. The Morgan fingerprint density at radius 2 is 1.84 bits per heavy atom. The van der Waals surface area contributed by atoms with Crippen molar-refractivity contribution in [1.29, 1.82) is 10.7 Å². The number of anilines is 1. The number of rotatable bonds is 2. The van der Waals surface area contributed by atoms with Gasteiger partial charge in [0.25, 0.3) is 0 Å².